The highest BCUT2D eigenvalue weighted by molar-refractivity contribution is 6.33. The average molecular weight is 344 g/mol. The number of nitrogens with zero attached hydrogens (tertiary/aromatic N) is 1. The van der Waals surface area contributed by atoms with Crippen LogP contribution in [0.4, 0.5) is 13.2 Å². The highest BCUT2D eigenvalue weighted by atomic mass is 35.5. The Hall–Kier alpha value is -2.21. The molecule has 0 radical (unpaired) electrons. The SMILES string of the molecule is CN(C)C(=O)c1ccccc1-c1cc(OC(F)(F)F)ccc1Cl. The molecule has 0 N–H and O–H groups in total. The lowest BCUT2D eigenvalue weighted by Crippen LogP contribution is -2.22. The number of hydrogen-bond acceptors (Lipinski definition) is 2. The van der Waals surface area contributed by atoms with Gasteiger partial charge in [0, 0.05) is 30.2 Å². The predicted molar refractivity (Wildman–Crippen MR) is 81.6 cm³/mol. The topological polar surface area (TPSA) is 29.5 Å². The maximum absolute atomic E-state index is 12.4. The van der Waals surface area contributed by atoms with Gasteiger partial charge in [-0.1, -0.05) is 29.8 Å². The second-order valence-corrected chi connectivity index (χ2v) is 5.34. The highest BCUT2D eigenvalue weighted by Gasteiger charge is 2.31. The molecule has 0 aliphatic carbocycles. The predicted octanol–water partition coefficient (Wildman–Crippen LogP) is 4.61. The third kappa shape index (κ3) is 4.16. The summed E-state index contributed by atoms with van der Waals surface area (Å²) in [6, 6.07) is 10.1. The van der Waals surface area contributed by atoms with Crippen LogP contribution in [-0.4, -0.2) is 31.3 Å². The van der Waals surface area contributed by atoms with E-state index < -0.39 is 12.1 Å². The van der Waals surface area contributed by atoms with Crippen molar-refractivity contribution in [1.29, 1.82) is 0 Å². The van der Waals surface area contributed by atoms with Gasteiger partial charge < -0.3 is 9.64 Å². The Kier molecular flexibility index (Phi) is 4.85. The van der Waals surface area contributed by atoms with Gasteiger partial charge in [-0.3, -0.25) is 4.79 Å². The normalized spacial score (nSPS) is 11.2. The molecule has 0 saturated carbocycles. The number of benzene rings is 2. The Labute approximate surface area is 136 Å². The quantitative estimate of drug-likeness (QED) is 0.814. The molecule has 2 rings (SSSR count). The van der Waals surface area contributed by atoms with Crippen LogP contribution in [0.15, 0.2) is 42.5 Å². The second-order valence-electron chi connectivity index (χ2n) is 4.93. The molecule has 23 heavy (non-hydrogen) atoms. The number of ether oxygens (including phenoxy) is 1. The number of carbonyl (C=O) groups excluding carboxylic acids is 1. The molecule has 1 amide bonds. The van der Waals surface area contributed by atoms with E-state index in [4.69, 9.17) is 11.6 Å². The van der Waals surface area contributed by atoms with Gasteiger partial charge in [-0.25, -0.2) is 0 Å². The van der Waals surface area contributed by atoms with Crippen LogP contribution in [0, 0.1) is 0 Å². The molecular formula is C16H13ClF3NO2. The average Bonchev–Trinajstić information content (AvgIpc) is 2.47. The van der Waals surface area contributed by atoms with Crippen LogP contribution >= 0.6 is 11.6 Å². The van der Waals surface area contributed by atoms with Crippen molar-refractivity contribution in [2.75, 3.05) is 14.1 Å². The van der Waals surface area contributed by atoms with Crippen molar-refractivity contribution >= 4 is 17.5 Å². The van der Waals surface area contributed by atoms with E-state index in [0.29, 0.717) is 16.7 Å². The van der Waals surface area contributed by atoms with E-state index in [1.807, 2.05) is 0 Å². The van der Waals surface area contributed by atoms with E-state index in [1.54, 1.807) is 38.4 Å². The maximum atomic E-state index is 12.4. The molecule has 0 heterocycles. The van der Waals surface area contributed by atoms with Crippen LogP contribution in [0.2, 0.25) is 5.02 Å². The third-order valence-corrected chi connectivity index (χ3v) is 3.35. The summed E-state index contributed by atoms with van der Waals surface area (Å²) in [6.45, 7) is 0. The van der Waals surface area contributed by atoms with Crippen molar-refractivity contribution in [3.8, 4) is 16.9 Å². The van der Waals surface area contributed by atoms with Crippen LogP contribution in [0.25, 0.3) is 11.1 Å². The molecule has 2 aromatic carbocycles. The molecule has 0 spiro atoms. The Balaban J connectivity index is 2.54. The van der Waals surface area contributed by atoms with Gasteiger partial charge in [0.1, 0.15) is 5.75 Å². The monoisotopic (exact) mass is 343 g/mol. The fourth-order valence-electron chi connectivity index (χ4n) is 2.05. The molecule has 0 aromatic heterocycles. The molecule has 0 unspecified atom stereocenters. The molecule has 122 valence electrons. The number of carbonyl (C=O) groups is 1. The molecule has 0 fully saturated rings. The summed E-state index contributed by atoms with van der Waals surface area (Å²) >= 11 is 6.10. The van der Waals surface area contributed by atoms with Crippen molar-refractivity contribution in [3.63, 3.8) is 0 Å². The van der Waals surface area contributed by atoms with Gasteiger partial charge in [0.2, 0.25) is 0 Å². The van der Waals surface area contributed by atoms with Crippen molar-refractivity contribution < 1.29 is 22.7 Å². The van der Waals surface area contributed by atoms with Gasteiger partial charge in [0.25, 0.3) is 5.91 Å². The van der Waals surface area contributed by atoms with Crippen LogP contribution in [0.3, 0.4) is 0 Å². The Morgan fingerprint density at radius 3 is 2.35 bits per heavy atom. The molecule has 0 saturated heterocycles. The number of halogens is 4. The lowest BCUT2D eigenvalue weighted by Gasteiger charge is -2.16. The molecule has 7 heteroatoms. The summed E-state index contributed by atoms with van der Waals surface area (Å²) in [7, 11) is 3.17. The fourth-order valence-corrected chi connectivity index (χ4v) is 2.27. The minimum absolute atomic E-state index is 0.221. The van der Waals surface area contributed by atoms with Gasteiger partial charge in [0.15, 0.2) is 0 Å². The molecule has 0 aliphatic heterocycles. The lowest BCUT2D eigenvalue weighted by molar-refractivity contribution is -0.274. The first-order valence-electron chi connectivity index (χ1n) is 6.55. The van der Waals surface area contributed by atoms with Crippen LogP contribution in [0.1, 0.15) is 10.4 Å². The number of alkyl halides is 3. The van der Waals surface area contributed by atoms with Gasteiger partial charge in [-0.05, 0) is 29.8 Å². The summed E-state index contributed by atoms with van der Waals surface area (Å²) in [5.41, 5.74) is 1.06. The summed E-state index contributed by atoms with van der Waals surface area (Å²) < 4.78 is 41.0. The van der Waals surface area contributed by atoms with Gasteiger partial charge in [-0.2, -0.15) is 0 Å². The lowest BCUT2D eigenvalue weighted by atomic mass is 9.98. The minimum atomic E-state index is -4.80. The van der Waals surface area contributed by atoms with Gasteiger partial charge >= 0.3 is 6.36 Å². The fraction of sp³-hybridized carbons (Fsp3) is 0.188. The smallest absolute Gasteiger partial charge is 0.406 e. The zero-order chi connectivity index (χ0) is 17.2. The molecular weight excluding hydrogens is 331 g/mol. The number of hydrogen-bond donors (Lipinski definition) is 0. The summed E-state index contributed by atoms with van der Waals surface area (Å²) in [5.74, 6) is -0.678. The van der Waals surface area contributed by atoms with Crippen LogP contribution < -0.4 is 4.74 Å². The molecule has 2 aromatic rings. The Bertz CT molecular complexity index is 730. The maximum Gasteiger partial charge on any atom is 0.573 e. The first-order valence-corrected chi connectivity index (χ1v) is 6.93. The van der Waals surface area contributed by atoms with Gasteiger partial charge in [0.05, 0.1) is 0 Å². The van der Waals surface area contributed by atoms with Gasteiger partial charge in [-0.15, -0.1) is 13.2 Å². The van der Waals surface area contributed by atoms with Crippen molar-refractivity contribution in [3.05, 3.63) is 53.1 Å². The van der Waals surface area contributed by atoms with E-state index in [0.717, 1.165) is 12.1 Å². The molecule has 3 nitrogen and oxygen atoms in total. The largest absolute Gasteiger partial charge is 0.573 e. The Morgan fingerprint density at radius 1 is 1.09 bits per heavy atom. The third-order valence-electron chi connectivity index (χ3n) is 3.03. The standard InChI is InChI=1S/C16H13ClF3NO2/c1-21(2)15(22)12-6-4-3-5-11(12)13-9-10(7-8-14(13)17)23-16(18,19)20/h3-9H,1-2H3. The summed E-state index contributed by atoms with van der Waals surface area (Å²) in [5, 5.41) is 0.221. The van der Waals surface area contributed by atoms with E-state index in [1.165, 1.54) is 11.0 Å². The van der Waals surface area contributed by atoms with E-state index in [-0.39, 0.29) is 10.9 Å². The van der Waals surface area contributed by atoms with Crippen LogP contribution in [-0.2, 0) is 0 Å². The number of rotatable bonds is 3. The summed E-state index contributed by atoms with van der Waals surface area (Å²) in [4.78, 5) is 13.6. The van der Waals surface area contributed by atoms with Crippen molar-refractivity contribution in [1.82, 2.24) is 4.90 Å². The van der Waals surface area contributed by atoms with E-state index in [2.05, 4.69) is 4.74 Å². The van der Waals surface area contributed by atoms with Crippen molar-refractivity contribution in [2.45, 2.75) is 6.36 Å². The Morgan fingerprint density at radius 2 is 1.74 bits per heavy atom. The van der Waals surface area contributed by atoms with Crippen molar-refractivity contribution in [2.24, 2.45) is 0 Å². The molecule has 0 atom stereocenters. The second kappa shape index (κ2) is 6.50. The summed E-state index contributed by atoms with van der Waals surface area (Å²) in [6.07, 6.45) is -4.80. The van der Waals surface area contributed by atoms with E-state index >= 15 is 0 Å². The first kappa shape index (κ1) is 17.1. The first-order chi connectivity index (χ1) is 10.7. The van der Waals surface area contributed by atoms with Crippen LogP contribution in [0.5, 0.6) is 5.75 Å². The number of amides is 1. The minimum Gasteiger partial charge on any atom is -0.406 e. The van der Waals surface area contributed by atoms with E-state index in [9.17, 15) is 18.0 Å². The molecule has 0 bridgehead atoms. The zero-order valence-corrected chi connectivity index (χ0v) is 13.1. The highest BCUT2D eigenvalue weighted by Crippen LogP contribution is 2.35. The molecule has 0 aliphatic rings. The zero-order valence-electron chi connectivity index (χ0n) is 12.3.